The predicted molar refractivity (Wildman–Crippen MR) is 66.9 cm³/mol. The third-order valence-corrected chi connectivity index (χ3v) is 2.76. The van der Waals surface area contributed by atoms with E-state index in [4.69, 9.17) is 4.74 Å². The number of nitrogens with one attached hydrogen (secondary N) is 1. The lowest BCUT2D eigenvalue weighted by Crippen LogP contribution is -2.57. The van der Waals surface area contributed by atoms with Crippen LogP contribution in [0.25, 0.3) is 0 Å². The normalized spacial score (nSPS) is 15.4. The first-order valence-corrected chi connectivity index (χ1v) is 6.33. The molecular formula is C12H23F3N2O2. The smallest absolute Gasteiger partial charge is 0.401 e. The number of esters is 1. The Morgan fingerprint density at radius 3 is 2.21 bits per heavy atom. The fraction of sp³-hybridized carbons (Fsp3) is 0.917. The van der Waals surface area contributed by atoms with Crippen LogP contribution in [-0.2, 0) is 9.53 Å². The van der Waals surface area contributed by atoms with E-state index >= 15 is 0 Å². The molecule has 0 radical (unpaired) electrons. The van der Waals surface area contributed by atoms with Gasteiger partial charge in [0.25, 0.3) is 0 Å². The van der Waals surface area contributed by atoms with Crippen molar-refractivity contribution < 1.29 is 22.7 Å². The molecule has 0 saturated carbocycles. The number of ether oxygens (including phenoxy) is 1. The summed E-state index contributed by atoms with van der Waals surface area (Å²) in [5, 5.41) is 2.75. The molecule has 0 aromatic rings. The van der Waals surface area contributed by atoms with Crippen molar-refractivity contribution in [1.29, 1.82) is 0 Å². The van der Waals surface area contributed by atoms with Crippen molar-refractivity contribution in [2.75, 3.05) is 33.3 Å². The molecule has 0 aliphatic rings. The van der Waals surface area contributed by atoms with Crippen LogP contribution in [-0.4, -0.2) is 55.9 Å². The van der Waals surface area contributed by atoms with Gasteiger partial charge in [0.2, 0.25) is 0 Å². The maximum absolute atomic E-state index is 12.5. The summed E-state index contributed by atoms with van der Waals surface area (Å²) in [6.45, 7) is 4.40. The lowest BCUT2D eigenvalue weighted by atomic mass is 10.0. The molecular weight excluding hydrogens is 261 g/mol. The van der Waals surface area contributed by atoms with E-state index in [9.17, 15) is 18.0 Å². The molecule has 0 spiro atoms. The predicted octanol–water partition coefficient (Wildman–Crippen LogP) is 1.80. The highest BCUT2D eigenvalue weighted by Crippen LogP contribution is 2.19. The number of rotatable bonds is 8. The Morgan fingerprint density at radius 1 is 1.26 bits per heavy atom. The van der Waals surface area contributed by atoms with Gasteiger partial charge in [0.05, 0.1) is 13.2 Å². The molecule has 0 fully saturated rings. The zero-order valence-electron chi connectivity index (χ0n) is 11.9. The molecule has 0 aliphatic heterocycles. The van der Waals surface area contributed by atoms with E-state index in [0.29, 0.717) is 6.42 Å². The molecule has 0 aromatic carbocycles. The highest BCUT2D eigenvalue weighted by molar-refractivity contribution is 5.80. The average molecular weight is 284 g/mol. The van der Waals surface area contributed by atoms with Crippen LogP contribution in [0.3, 0.4) is 0 Å². The van der Waals surface area contributed by atoms with E-state index < -0.39 is 24.2 Å². The Kier molecular flexibility index (Phi) is 7.36. The maximum atomic E-state index is 12.5. The van der Waals surface area contributed by atoms with Gasteiger partial charge in [0.15, 0.2) is 0 Å². The number of halogens is 3. The highest BCUT2D eigenvalue weighted by atomic mass is 19.4. The summed E-state index contributed by atoms with van der Waals surface area (Å²) in [5.41, 5.74) is -1.14. The number of likely N-dealkylation sites (N-methyl/N-ethyl adjacent to an activating group) is 1. The van der Waals surface area contributed by atoms with Gasteiger partial charge in [-0.2, -0.15) is 13.2 Å². The minimum Gasteiger partial charge on any atom is -0.465 e. The molecule has 0 bridgehead atoms. The average Bonchev–Trinajstić information content (AvgIpc) is 2.27. The van der Waals surface area contributed by atoms with Gasteiger partial charge < -0.3 is 10.1 Å². The van der Waals surface area contributed by atoms with Crippen molar-refractivity contribution in [2.45, 2.75) is 38.9 Å². The van der Waals surface area contributed by atoms with Crippen LogP contribution >= 0.6 is 0 Å². The quantitative estimate of drug-likeness (QED) is 0.690. The highest BCUT2D eigenvalue weighted by Gasteiger charge is 2.38. The molecule has 1 atom stereocenters. The first kappa shape index (κ1) is 18.2. The largest absolute Gasteiger partial charge is 0.465 e. The number of carbonyl (C=O) groups is 1. The second kappa shape index (κ2) is 7.69. The summed E-state index contributed by atoms with van der Waals surface area (Å²) in [7, 11) is 1.54. The maximum Gasteiger partial charge on any atom is 0.401 e. The molecule has 7 heteroatoms. The van der Waals surface area contributed by atoms with Crippen molar-refractivity contribution in [3.8, 4) is 0 Å². The Morgan fingerprint density at radius 2 is 1.84 bits per heavy atom. The van der Waals surface area contributed by atoms with Crippen LogP contribution in [0.4, 0.5) is 13.2 Å². The Hall–Kier alpha value is -0.820. The molecule has 0 saturated heterocycles. The standard InChI is InChI=1S/C12H23F3N2O2/c1-5-7-17(9-12(13,14)15)8-11(3,16-4)10(18)19-6-2/h16H,5-9H2,1-4H3. The number of alkyl halides is 3. The van der Waals surface area contributed by atoms with Crippen LogP contribution < -0.4 is 5.32 Å². The van der Waals surface area contributed by atoms with E-state index in [1.165, 1.54) is 11.9 Å². The van der Waals surface area contributed by atoms with Crippen LogP contribution in [0.2, 0.25) is 0 Å². The van der Waals surface area contributed by atoms with E-state index in [2.05, 4.69) is 5.32 Å². The van der Waals surface area contributed by atoms with Gasteiger partial charge in [-0.1, -0.05) is 6.92 Å². The van der Waals surface area contributed by atoms with Gasteiger partial charge in [0, 0.05) is 6.54 Å². The molecule has 1 N–H and O–H groups in total. The van der Waals surface area contributed by atoms with Crippen LogP contribution in [0.1, 0.15) is 27.2 Å². The fourth-order valence-corrected chi connectivity index (χ4v) is 1.77. The SMILES string of the molecule is CCCN(CC(F)(F)F)CC(C)(NC)C(=O)OCC. The third kappa shape index (κ3) is 6.77. The molecule has 19 heavy (non-hydrogen) atoms. The zero-order valence-corrected chi connectivity index (χ0v) is 11.9. The van der Waals surface area contributed by atoms with E-state index in [0.717, 1.165) is 0 Å². The van der Waals surface area contributed by atoms with Crippen molar-refractivity contribution in [3.05, 3.63) is 0 Å². The van der Waals surface area contributed by atoms with Gasteiger partial charge >= 0.3 is 12.1 Å². The first-order valence-electron chi connectivity index (χ1n) is 6.33. The minimum absolute atomic E-state index is 0.0459. The third-order valence-electron chi connectivity index (χ3n) is 2.76. The van der Waals surface area contributed by atoms with Gasteiger partial charge in [-0.15, -0.1) is 0 Å². The summed E-state index contributed by atoms with van der Waals surface area (Å²) in [5.74, 6) is -0.541. The van der Waals surface area contributed by atoms with Crippen LogP contribution in [0.15, 0.2) is 0 Å². The van der Waals surface area contributed by atoms with Crippen molar-refractivity contribution in [1.82, 2.24) is 10.2 Å². The van der Waals surface area contributed by atoms with Gasteiger partial charge in [-0.25, -0.2) is 0 Å². The molecule has 1 unspecified atom stereocenters. The first-order chi connectivity index (χ1) is 8.68. The number of hydrogen-bond donors (Lipinski definition) is 1. The molecule has 0 heterocycles. The Balaban J connectivity index is 4.81. The van der Waals surface area contributed by atoms with Crippen molar-refractivity contribution >= 4 is 5.97 Å². The fourth-order valence-electron chi connectivity index (χ4n) is 1.77. The number of hydrogen-bond acceptors (Lipinski definition) is 4. The molecule has 0 amide bonds. The summed E-state index contributed by atoms with van der Waals surface area (Å²) in [4.78, 5) is 13.0. The molecule has 4 nitrogen and oxygen atoms in total. The Labute approximate surface area is 112 Å². The summed E-state index contributed by atoms with van der Waals surface area (Å²) in [6.07, 6.45) is -3.70. The van der Waals surface area contributed by atoms with E-state index in [1.807, 2.05) is 0 Å². The summed E-state index contributed by atoms with van der Waals surface area (Å²) >= 11 is 0. The van der Waals surface area contributed by atoms with Gasteiger partial charge in [-0.05, 0) is 33.9 Å². The monoisotopic (exact) mass is 284 g/mol. The van der Waals surface area contributed by atoms with E-state index in [1.54, 1.807) is 20.8 Å². The topological polar surface area (TPSA) is 41.6 Å². The van der Waals surface area contributed by atoms with Gasteiger partial charge in [-0.3, -0.25) is 9.69 Å². The summed E-state index contributed by atoms with van der Waals surface area (Å²) in [6, 6.07) is 0. The number of nitrogens with zero attached hydrogens (tertiary/aromatic N) is 1. The molecule has 0 aromatic heterocycles. The van der Waals surface area contributed by atoms with Crippen LogP contribution in [0, 0.1) is 0 Å². The van der Waals surface area contributed by atoms with Crippen molar-refractivity contribution in [3.63, 3.8) is 0 Å². The molecule has 0 rings (SSSR count). The van der Waals surface area contributed by atoms with Crippen molar-refractivity contribution in [2.24, 2.45) is 0 Å². The molecule has 114 valence electrons. The lowest BCUT2D eigenvalue weighted by molar-refractivity contribution is -0.159. The van der Waals surface area contributed by atoms with Gasteiger partial charge in [0.1, 0.15) is 5.54 Å². The molecule has 0 aliphatic carbocycles. The minimum atomic E-state index is -4.28. The van der Waals surface area contributed by atoms with Crippen LogP contribution in [0.5, 0.6) is 0 Å². The summed E-state index contributed by atoms with van der Waals surface area (Å²) < 4.78 is 42.3. The zero-order chi connectivity index (χ0) is 15.1. The second-order valence-corrected chi connectivity index (χ2v) is 4.63. The van der Waals surface area contributed by atoms with E-state index in [-0.39, 0.29) is 19.7 Å². The lowest BCUT2D eigenvalue weighted by Gasteiger charge is -2.33. The second-order valence-electron chi connectivity index (χ2n) is 4.63. The number of carbonyl (C=O) groups excluding carboxylic acids is 1. The Bertz CT molecular complexity index is 285.